The molecule has 7 nitrogen and oxygen atoms in total. The van der Waals surface area contributed by atoms with Crippen LogP contribution >= 0.6 is 23.1 Å². The molecule has 3 aromatic heterocycles. The molecule has 0 amide bonds. The van der Waals surface area contributed by atoms with Crippen LogP contribution in [0.25, 0.3) is 21.3 Å². The van der Waals surface area contributed by atoms with Gasteiger partial charge in [-0.25, -0.2) is 14.8 Å². The fraction of sp³-hybridized carbons (Fsp3) is 0.480. The van der Waals surface area contributed by atoms with Crippen LogP contribution in [0.3, 0.4) is 0 Å². The molecule has 4 heterocycles. The van der Waals surface area contributed by atoms with Crippen LogP contribution in [-0.2, 0) is 30.7 Å². The Kier molecular flexibility index (Phi) is 6.43. The minimum absolute atomic E-state index is 0.0321. The first kappa shape index (κ1) is 22.3. The number of aromatic nitrogens is 4. The van der Waals surface area contributed by atoms with Gasteiger partial charge in [0.15, 0.2) is 0 Å². The predicted octanol–water partition coefficient (Wildman–Crippen LogP) is 4.23. The molecule has 1 aliphatic heterocycles. The standard InChI is InChI=1S/C25H29N5O2S2/c31-25-26-18-7-2-3-8-19(18)30(25)10-5-15-33-23-22-17-6-1-4-9-20(17)34-24(22)28-21(27-23)16-29-11-13-32-14-12-29/h2-3,7-8H,1,4-6,9-16H2,(H,26,31). The average molecular weight is 496 g/mol. The SMILES string of the molecule is O=c1[nH]c2ccccc2n1CCCSc1nc(CN2CCOCC2)nc2sc3c(c12)CCCC3. The number of aromatic amines is 1. The molecule has 0 saturated carbocycles. The Morgan fingerprint density at radius 1 is 1.12 bits per heavy atom. The molecule has 0 unspecified atom stereocenters. The molecule has 1 saturated heterocycles. The van der Waals surface area contributed by atoms with E-state index in [0.29, 0.717) is 6.54 Å². The van der Waals surface area contributed by atoms with Crippen molar-refractivity contribution < 1.29 is 4.74 Å². The Morgan fingerprint density at radius 3 is 2.88 bits per heavy atom. The molecular formula is C25H29N5O2S2. The van der Waals surface area contributed by atoms with Crippen molar-refractivity contribution in [2.75, 3.05) is 32.1 Å². The van der Waals surface area contributed by atoms with E-state index in [1.54, 1.807) is 0 Å². The molecule has 4 aromatic rings. The van der Waals surface area contributed by atoms with Crippen molar-refractivity contribution in [2.45, 2.75) is 50.2 Å². The van der Waals surface area contributed by atoms with Crippen LogP contribution in [0.1, 0.15) is 35.5 Å². The van der Waals surface area contributed by atoms with Crippen molar-refractivity contribution in [1.29, 1.82) is 0 Å². The van der Waals surface area contributed by atoms with Crippen molar-refractivity contribution in [3.8, 4) is 0 Å². The van der Waals surface area contributed by atoms with Gasteiger partial charge >= 0.3 is 5.69 Å². The lowest BCUT2D eigenvalue weighted by Crippen LogP contribution is -2.36. The lowest BCUT2D eigenvalue weighted by atomic mass is 9.97. The second-order valence-electron chi connectivity index (χ2n) is 9.03. The van der Waals surface area contributed by atoms with Gasteiger partial charge in [-0.3, -0.25) is 9.47 Å². The molecule has 0 spiro atoms. The number of hydrogen-bond acceptors (Lipinski definition) is 7. The maximum Gasteiger partial charge on any atom is 0.326 e. The highest BCUT2D eigenvalue weighted by Gasteiger charge is 2.22. The van der Waals surface area contributed by atoms with Crippen molar-refractivity contribution in [1.82, 2.24) is 24.4 Å². The second-order valence-corrected chi connectivity index (χ2v) is 11.2. The van der Waals surface area contributed by atoms with Gasteiger partial charge in [0.25, 0.3) is 0 Å². The van der Waals surface area contributed by atoms with Crippen LogP contribution in [0.5, 0.6) is 0 Å². The number of morpholine rings is 1. The highest BCUT2D eigenvalue weighted by atomic mass is 32.2. The second kappa shape index (κ2) is 9.81. The highest BCUT2D eigenvalue weighted by molar-refractivity contribution is 7.99. The van der Waals surface area contributed by atoms with E-state index in [4.69, 9.17) is 14.7 Å². The Labute approximate surface area is 206 Å². The number of fused-ring (bicyclic) bond motifs is 4. The van der Waals surface area contributed by atoms with Gasteiger partial charge in [0, 0.05) is 35.7 Å². The molecule has 1 aliphatic carbocycles. The van der Waals surface area contributed by atoms with Gasteiger partial charge in [0.2, 0.25) is 0 Å². The van der Waals surface area contributed by atoms with Crippen LogP contribution in [0.15, 0.2) is 34.1 Å². The number of rotatable bonds is 7. The largest absolute Gasteiger partial charge is 0.379 e. The average Bonchev–Trinajstić information content (AvgIpc) is 3.39. The number of ether oxygens (including phenoxy) is 1. The highest BCUT2D eigenvalue weighted by Crippen LogP contribution is 2.40. The van der Waals surface area contributed by atoms with Gasteiger partial charge < -0.3 is 9.72 Å². The minimum Gasteiger partial charge on any atom is -0.379 e. The zero-order valence-electron chi connectivity index (χ0n) is 19.2. The Hall–Kier alpha value is -2.20. The minimum atomic E-state index is -0.0321. The van der Waals surface area contributed by atoms with Crippen molar-refractivity contribution >= 4 is 44.3 Å². The summed E-state index contributed by atoms with van der Waals surface area (Å²) in [7, 11) is 0. The summed E-state index contributed by atoms with van der Waals surface area (Å²) in [5, 5.41) is 2.42. The third-order valence-corrected chi connectivity index (χ3v) is 8.99. The quantitative estimate of drug-likeness (QED) is 0.235. The van der Waals surface area contributed by atoms with E-state index in [0.717, 1.165) is 78.2 Å². The van der Waals surface area contributed by atoms with Crippen molar-refractivity contribution in [2.24, 2.45) is 0 Å². The van der Waals surface area contributed by atoms with E-state index in [2.05, 4.69) is 9.88 Å². The molecule has 1 aromatic carbocycles. The summed E-state index contributed by atoms with van der Waals surface area (Å²) in [5.41, 5.74) is 3.33. The molecule has 6 rings (SSSR count). The van der Waals surface area contributed by atoms with Gasteiger partial charge in [-0.15, -0.1) is 23.1 Å². The summed E-state index contributed by atoms with van der Waals surface area (Å²) in [4.78, 5) is 30.5. The Bertz CT molecular complexity index is 1370. The van der Waals surface area contributed by atoms with E-state index in [1.165, 1.54) is 35.1 Å². The number of hydrogen-bond donors (Lipinski definition) is 1. The van der Waals surface area contributed by atoms with Crippen LogP contribution in [-0.4, -0.2) is 56.5 Å². The van der Waals surface area contributed by atoms with Gasteiger partial charge in [-0.1, -0.05) is 12.1 Å². The number of nitrogens with zero attached hydrogens (tertiary/aromatic N) is 4. The molecule has 2 aliphatic rings. The summed E-state index contributed by atoms with van der Waals surface area (Å²) >= 11 is 3.70. The summed E-state index contributed by atoms with van der Waals surface area (Å²) in [6.07, 6.45) is 5.74. The molecule has 0 radical (unpaired) electrons. The first-order valence-electron chi connectivity index (χ1n) is 12.2. The fourth-order valence-electron chi connectivity index (χ4n) is 5.02. The van der Waals surface area contributed by atoms with E-state index < -0.39 is 0 Å². The molecule has 178 valence electrons. The summed E-state index contributed by atoms with van der Waals surface area (Å²) < 4.78 is 7.36. The predicted molar refractivity (Wildman–Crippen MR) is 138 cm³/mol. The maximum absolute atomic E-state index is 12.4. The maximum atomic E-state index is 12.4. The van der Waals surface area contributed by atoms with Crippen molar-refractivity contribution in [3.05, 3.63) is 51.0 Å². The van der Waals surface area contributed by atoms with Crippen LogP contribution in [0.2, 0.25) is 0 Å². The monoisotopic (exact) mass is 495 g/mol. The van der Waals surface area contributed by atoms with Crippen LogP contribution in [0, 0.1) is 0 Å². The molecule has 9 heteroatoms. The summed E-state index contributed by atoms with van der Waals surface area (Å²) in [5.74, 6) is 1.84. The molecule has 1 N–H and O–H groups in total. The topological polar surface area (TPSA) is 76.0 Å². The van der Waals surface area contributed by atoms with E-state index >= 15 is 0 Å². The van der Waals surface area contributed by atoms with E-state index in [1.807, 2.05) is 51.9 Å². The lowest BCUT2D eigenvalue weighted by molar-refractivity contribution is 0.0330. The number of imidazole rings is 1. The number of thiophene rings is 1. The third-order valence-electron chi connectivity index (χ3n) is 6.74. The molecule has 34 heavy (non-hydrogen) atoms. The van der Waals surface area contributed by atoms with Gasteiger partial charge in [0.1, 0.15) is 15.7 Å². The number of para-hydroxylation sites is 2. The molecule has 0 bridgehead atoms. The van der Waals surface area contributed by atoms with E-state index in [-0.39, 0.29) is 5.69 Å². The smallest absolute Gasteiger partial charge is 0.326 e. The number of nitrogens with one attached hydrogen (secondary N) is 1. The zero-order valence-corrected chi connectivity index (χ0v) is 20.8. The molecule has 1 fully saturated rings. The Balaban J connectivity index is 1.23. The van der Waals surface area contributed by atoms with Gasteiger partial charge in [-0.05, 0) is 49.8 Å². The fourth-order valence-corrected chi connectivity index (χ4v) is 7.37. The first-order chi connectivity index (χ1) is 16.8. The van der Waals surface area contributed by atoms with Gasteiger partial charge in [-0.2, -0.15) is 0 Å². The van der Waals surface area contributed by atoms with Crippen molar-refractivity contribution in [3.63, 3.8) is 0 Å². The summed E-state index contributed by atoms with van der Waals surface area (Å²) in [6, 6.07) is 7.89. The normalized spacial score (nSPS) is 16.9. The van der Waals surface area contributed by atoms with E-state index in [9.17, 15) is 4.79 Å². The Morgan fingerprint density at radius 2 is 1.97 bits per heavy atom. The number of H-pyrrole nitrogens is 1. The number of aryl methyl sites for hydroxylation is 3. The number of benzene rings is 1. The molecular weight excluding hydrogens is 466 g/mol. The zero-order chi connectivity index (χ0) is 22.9. The van der Waals surface area contributed by atoms with Crippen LogP contribution < -0.4 is 5.69 Å². The lowest BCUT2D eigenvalue weighted by Gasteiger charge is -2.25. The van der Waals surface area contributed by atoms with Crippen LogP contribution in [0.4, 0.5) is 0 Å². The first-order valence-corrected chi connectivity index (χ1v) is 14.0. The van der Waals surface area contributed by atoms with Gasteiger partial charge in [0.05, 0.1) is 30.8 Å². The third kappa shape index (κ3) is 4.42. The number of thioether (sulfide) groups is 1. The molecule has 0 atom stereocenters. The summed E-state index contributed by atoms with van der Waals surface area (Å²) in [6.45, 7) is 4.91.